The minimum absolute atomic E-state index is 0.0113. The van der Waals surface area contributed by atoms with Gasteiger partial charge in [-0.2, -0.15) is 0 Å². The number of aliphatic hydroxyl groups excluding tert-OH is 3. The van der Waals surface area contributed by atoms with E-state index in [9.17, 15) is 30.3 Å². The van der Waals surface area contributed by atoms with Gasteiger partial charge in [-0.05, 0) is 206 Å². The van der Waals surface area contributed by atoms with E-state index in [1.54, 1.807) is 12.1 Å². The minimum atomic E-state index is -1.38. The number of H-pyrrole nitrogens is 1. The summed E-state index contributed by atoms with van der Waals surface area (Å²) in [5, 5.41) is 74.5. The third-order valence-electron chi connectivity index (χ3n) is 22.0. The molecule has 4 aromatic rings. The molecule has 16 atom stereocenters. The molecule has 16 unspecified atom stereocenters. The molecule has 432 valence electrons. The van der Waals surface area contributed by atoms with Crippen molar-refractivity contribution in [2.24, 2.45) is 52.6 Å². The number of aromatic amines is 1. The molecule has 3 heterocycles. The average molecular weight is 1100 g/mol. The normalized spacial score (nSPS) is 33.3. The van der Waals surface area contributed by atoms with Gasteiger partial charge in [-0.25, -0.2) is 0 Å². The fraction of sp³-hybridized carbons (Fsp3) is 0.588. The Labute approximate surface area is 478 Å². The highest BCUT2D eigenvalue weighted by Gasteiger charge is 2.63. The fourth-order valence-corrected chi connectivity index (χ4v) is 18.1. The molecule has 1 aromatic heterocycles. The van der Waals surface area contributed by atoms with Gasteiger partial charge >= 0.3 is 0 Å². The van der Waals surface area contributed by atoms with Crippen LogP contribution in [0.2, 0.25) is 0 Å². The Kier molecular flexibility index (Phi) is 15.9. The van der Waals surface area contributed by atoms with Crippen LogP contribution in [0.4, 0.5) is 0 Å². The molecule has 12 rings (SSSR count). The van der Waals surface area contributed by atoms with E-state index in [-0.39, 0.29) is 84.0 Å². The summed E-state index contributed by atoms with van der Waals surface area (Å²) in [6.45, 7) is 7.33. The number of rotatable bonds is 16. The highest BCUT2D eigenvalue weighted by molar-refractivity contribution is 5.89. The molecule has 5 fully saturated rings. The van der Waals surface area contributed by atoms with Crippen LogP contribution < -0.4 is 26.4 Å². The number of carbonyl (C=O) groups excluding carboxylic acids is 2. The van der Waals surface area contributed by atoms with Crippen LogP contribution in [0.5, 0.6) is 11.5 Å². The Hall–Kier alpha value is -5.46. The zero-order valence-corrected chi connectivity index (χ0v) is 47.8. The molecule has 0 radical (unpaired) electrons. The van der Waals surface area contributed by atoms with E-state index in [4.69, 9.17) is 10.5 Å². The van der Waals surface area contributed by atoms with Gasteiger partial charge < -0.3 is 56.9 Å². The molecule has 4 saturated carbocycles. The van der Waals surface area contributed by atoms with Crippen molar-refractivity contribution in [1.82, 2.24) is 20.9 Å². The number of aromatic nitrogens is 1. The number of methoxy groups -OCH3 is 1. The van der Waals surface area contributed by atoms with Crippen LogP contribution in [0, 0.1) is 58.7 Å². The lowest BCUT2D eigenvalue weighted by atomic mass is 9.43. The molecule has 1 saturated heterocycles. The number of ketones is 2. The van der Waals surface area contributed by atoms with Crippen molar-refractivity contribution in [3.8, 4) is 23.3 Å². The molecule has 0 bridgehead atoms. The van der Waals surface area contributed by atoms with Crippen molar-refractivity contribution < 1.29 is 39.9 Å². The van der Waals surface area contributed by atoms with Crippen LogP contribution >= 0.6 is 0 Å². The number of phenolic OH excluding ortho intramolecular Hbond substituents is 1. The molecule has 6 aliphatic carbocycles. The predicted octanol–water partition coefficient (Wildman–Crippen LogP) is 8.65. The van der Waals surface area contributed by atoms with Crippen molar-refractivity contribution >= 4 is 22.3 Å². The lowest BCUT2D eigenvalue weighted by Gasteiger charge is -2.64. The number of aliphatic hydroxyl groups is 4. The van der Waals surface area contributed by atoms with E-state index in [2.05, 4.69) is 89.2 Å². The number of aromatic hydroxyl groups is 1. The van der Waals surface area contributed by atoms with E-state index >= 15 is 4.79 Å². The molecule has 11 N–H and O–H groups in total. The molecule has 3 aromatic carbocycles. The van der Waals surface area contributed by atoms with Crippen molar-refractivity contribution in [1.29, 1.82) is 0 Å². The largest absolute Gasteiger partial charge is 0.504 e. The van der Waals surface area contributed by atoms with E-state index in [0.717, 1.165) is 92.1 Å². The Morgan fingerprint density at radius 3 is 2.52 bits per heavy atom. The van der Waals surface area contributed by atoms with Crippen LogP contribution in [0.1, 0.15) is 162 Å². The molecule has 13 heteroatoms. The summed E-state index contributed by atoms with van der Waals surface area (Å²) < 4.78 is 5.62. The van der Waals surface area contributed by atoms with Gasteiger partial charge in [0.05, 0.1) is 36.8 Å². The maximum absolute atomic E-state index is 15.2. The van der Waals surface area contributed by atoms with Gasteiger partial charge in [0.1, 0.15) is 11.2 Å². The first kappa shape index (κ1) is 56.0. The van der Waals surface area contributed by atoms with Crippen LogP contribution in [-0.4, -0.2) is 105 Å². The van der Waals surface area contributed by atoms with Crippen molar-refractivity contribution in [3.05, 3.63) is 118 Å². The number of benzene rings is 3. The second-order valence-electron chi connectivity index (χ2n) is 26.1. The van der Waals surface area contributed by atoms with Gasteiger partial charge in [0.25, 0.3) is 0 Å². The van der Waals surface area contributed by atoms with Crippen LogP contribution in [0.15, 0.2) is 89.9 Å². The quantitative estimate of drug-likeness (QED) is 0.0477. The van der Waals surface area contributed by atoms with Crippen molar-refractivity contribution in [3.63, 3.8) is 0 Å². The summed E-state index contributed by atoms with van der Waals surface area (Å²) in [6.07, 6.45) is 9.95. The van der Waals surface area contributed by atoms with Gasteiger partial charge in [-0.1, -0.05) is 81.0 Å². The SMILES string of the molecule is CCNCC1C2c3[nH]ccc3C3CC(=O)CC4NCC(C(CCC5(O)CCCC5)C1C1CCC5(C#CC(CC(O)C(O)CC(C6=C(CC)CNC(N)=C6)c6ccc7ccccc7c6)c6cc(O)c(OC)cc6CCC5=O)C(O)C1)C2C43. The number of allylic oxidation sites excluding steroid dienone is 2. The monoisotopic (exact) mass is 1100 g/mol. The molecule has 1 spiro atoms. The first-order valence-electron chi connectivity index (χ1n) is 31.0. The number of aryl methyl sites for hydroxylation is 1. The average Bonchev–Trinajstić information content (AvgIpc) is 4.33. The first-order chi connectivity index (χ1) is 39.2. The topological polar surface area (TPSA) is 222 Å². The number of hydrogen-bond donors (Lipinski definition) is 10. The van der Waals surface area contributed by atoms with Crippen LogP contribution in [-0.2, 0) is 16.0 Å². The van der Waals surface area contributed by atoms with Crippen LogP contribution in [0.3, 0.4) is 0 Å². The lowest BCUT2D eigenvalue weighted by Crippen LogP contribution is -2.65. The summed E-state index contributed by atoms with van der Waals surface area (Å²) >= 11 is 0. The lowest BCUT2D eigenvalue weighted by molar-refractivity contribution is -0.141. The third-order valence-corrected chi connectivity index (χ3v) is 22.0. The summed E-state index contributed by atoms with van der Waals surface area (Å²) in [4.78, 5) is 32.4. The highest BCUT2D eigenvalue weighted by atomic mass is 16.5. The molecular formula is C68H87N5O8. The number of nitrogens with two attached hydrogens (primary N) is 1. The summed E-state index contributed by atoms with van der Waals surface area (Å²) in [7, 11) is 1.50. The Balaban J connectivity index is 0.878. The molecule has 81 heavy (non-hydrogen) atoms. The molecule has 2 aliphatic heterocycles. The van der Waals surface area contributed by atoms with Gasteiger partial charge in [0.15, 0.2) is 17.3 Å². The first-order valence-corrected chi connectivity index (χ1v) is 31.0. The standard InChI is InChI=1S/C68H87N5O8/c1-4-38-35-73-61(69)34-50(38)49(41-13-12-39-10-6-7-11-40(39)26-41)33-56(76)55(75)27-43-16-23-68(59(78)15-14-42-28-58(81-3)57(77)32-48(42)43)24-17-44(29-60(68)79)62-46(18-22-67(80)20-8-9-21-67)52-37-72-54-31-45(74)30-51-47-19-25-71-66(47)65(64(52)63(51)54)53(62)36-70-5-2/h6-7,10-13,19,25-26,28,32,34,43-44,46,49,51-56,60,62-65,70-73,75-77,79-80H,4-5,8-9,14-15,17-18,20-22,24,27,29-31,33,35-37,69H2,1-3H3. The maximum atomic E-state index is 15.2. The number of ether oxygens (including phenoxy) is 1. The van der Waals surface area contributed by atoms with Gasteiger partial charge in [-0.3, -0.25) is 9.59 Å². The Morgan fingerprint density at radius 2 is 1.74 bits per heavy atom. The van der Waals surface area contributed by atoms with E-state index in [1.807, 2.05) is 18.2 Å². The van der Waals surface area contributed by atoms with Crippen molar-refractivity contribution in [2.75, 3.05) is 33.3 Å². The fourth-order valence-electron chi connectivity index (χ4n) is 18.1. The second-order valence-corrected chi connectivity index (χ2v) is 26.1. The van der Waals surface area contributed by atoms with Crippen LogP contribution in [0.25, 0.3) is 10.8 Å². The zero-order valence-electron chi connectivity index (χ0n) is 47.8. The number of nitrogens with one attached hydrogen (secondary N) is 4. The van der Waals surface area contributed by atoms with E-state index < -0.39 is 35.2 Å². The Bertz CT molecular complexity index is 3130. The molecule has 0 amide bonds. The van der Waals surface area contributed by atoms with E-state index in [1.165, 1.54) is 23.9 Å². The maximum Gasteiger partial charge on any atom is 0.160 e. The minimum Gasteiger partial charge on any atom is -0.504 e. The molecule has 13 nitrogen and oxygen atoms in total. The van der Waals surface area contributed by atoms with Gasteiger partial charge in [0.2, 0.25) is 0 Å². The summed E-state index contributed by atoms with van der Waals surface area (Å²) in [6, 6.07) is 20.4. The molecular weight excluding hydrogens is 1010 g/mol. The number of dihydropyridines is 1. The highest BCUT2D eigenvalue weighted by Crippen LogP contribution is 2.66. The number of hydrogen-bond acceptors (Lipinski definition) is 12. The summed E-state index contributed by atoms with van der Waals surface area (Å²) in [5.74, 6) is 9.08. The van der Waals surface area contributed by atoms with Crippen molar-refractivity contribution in [2.45, 2.75) is 170 Å². The Morgan fingerprint density at radius 1 is 0.926 bits per heavy atom. The van der Waals surface area contributed by atoms with Gasteiger partial charge in [0, 0.05) is 61.5 Å². The number of carbonyl (C=O) groups is 2. The third kappa shape index (κ3) is 10.4. The van der Waals surface area contributed by atoms with E-state index in [0.29, 0.717) is 80.0 Å². The number of phenols is 1. The number of fused-ring (bicyclic) bond motifs is 5. The summed E-state index contributed by atoms with van der Waals surface area (Å²) in [5.41, 5.74) is 11.6. The number of Topliss-reactive ketones (excluding diaryl/α,β-unsaturated/α-hetero) is 2. The number of piperidine rings is 1. The molecule has 8 aliphatic rings. The smallest absolute Gasteiger partial charge is 0.160 e. The zero-order chi connectivity index (χ0) is 56.3. The second kappa shape index (κ2) is 22.9. The van der Waals surface area contributed by atoms with Gasteiger partial charge in [-0.15, -0.1) is 0 Å². The predicted molar refractivity (Wildman–Crippen MR) is 314 cm³/mol.